The topological polar surface area (TPSA) is 17.1 Å². The molecule has 0 heterocycles. The number of fused-ring (bicyclic) bond motifs is 1. The first-order valence-electron chi connectivity index (χ1n) is 6.11. The van der Waals surface area contributed by atoms with Crippen molar-refractivity contribution in [3.63, 3.8) is 0 Å². The number of hydrogen-bond acceptors (Lipinski definition) is 1. The number of benzene rings is 1. The van der Waals surface area contributed by atoms with Crippen molar-refractivity contribution in [1.82, 2.24) is 0 Å². The summed E-state index contributed by atoms with van der Waals surface area (Å²) in [6.45, 7) is 6.70. The van der Waals surface area contributed by atoms with Crippen LogP contribution in [0.25, 0.3) is 0 Å². The van der Waals surface area contributed by atoms with E-state index in [-0.39, 0.29) is 5.41 Å². The average Bonchev–Trinajstić information content (AvgIpc) is 2.35. The minimum absolute atomic E-state index is 0.200. The van der Waals surface area contributed by atoms with Crippen LogP contribution in [0, 0.1) is 0 Å². The molecule has 1 nitrogen and oxygen atoms in total. The standard InChI is InChI=1S/C15H20O/c1-15(2,3)13-8-7-12-10-14(16)6-4-5-11(12)9-13/h7-9H,4-6,10H2,1-3H3. The molecule has 0 aliphatic heterocycles. The Morgan fingerprint density at radius 2 is 1.81 bits per heavy atom. The van der Waals surface area contributed by atoms with Gasteiger partial charge in [0.15, 0.2) is 0 Å². The molecule has 0 spiro atoms. The van der Waals surface area contributed by atoms with Crippen LogP contribution in [-0.2, 0) is 23.1 Å². The molecule has 0 saturated carbocycles. The third kappa shape index (κ3) is 2.34. The maximum Gasteiger partial charge on any atom is 0.137 e. The lowest BCUT2D eigenvalue weighted by atomic mass is 9.84. The highest BCUT2D eigenvalue weighted by molar-refractivity contribution is 5.81. The molecule has 1 aromatic rings. The number of Topliss-reactive ketones (excluding diaryl/α,β-unsaturated/α-hetero) is 1. The fourth-order valence-corrected chi connectivity index (χ4v) is 2.27. The molecule has 0 bridgehead atoms. The summed E-state index contributed by atoms with van der Waals surface area (Å²) in [6, 6.07) is 6.63. The van der Waals surface area contributed by atoms with Crippen LogP contribution >= 0.6 is 0 Å². The fourth-order valence-electron chi connectivity index (χ4n) is 2.27. The molecule has 2 rings (SSSR count). The third-order valence-electron chi connectivity index (χ3n) is 3.36. The second-order valence-electron chi connectivity index (χ2n) is 5.80. The number of aryl methyl sites for hydroxylation is 1. The maximum atomic E-state index is 11.5. The molecule has 1 aliphatic carbocycles. The van der Waals surface area contributed by atoms with Gasteiger partial charge in [-0.05, 0) is 34.9 Å². The second-order valence-corrected chi connectivity index (χ2v) is 5.80. The normalized spacial score (nSPS) is 16.8. The molecule has 0 atom stereocenters. The zero-order chi connectivity index (χ0) is 11.8. The highest BCUT2D eigenvalue weighted by atomic mass is 16.1. The summed E-state index contributed by atoms with van der Waals surface area (Å²) >= 11 is 0. The van der Waals surface area contributed by atoms with Gasteiger partial charge in [0.2, 0.25) is 0 Å². The number of carbonyl (C=O) groups is 1. The van der Waals surface area contributed by atoms with E-state index >= 15 is 0 Å². The lowest BCUT2D eigenvalue weighted by Gasteiger charge is -2.20. The van der Waals surface area contributed by atoms with Crippen molar-refractivity contribution in [3.8, 4) is 0 Å². The average molecular weight is 216 g/mol. The minimum Gasteiger partial charge on any atom is -0.299 e. The second kappa shape index (κ2) is 4.04. The van der Waals surface area contributed by atoms with Crippen molar-refractivity contribution in [1.29, 1.82) is 0 Å². The van der Waals surface area contributed by atoms with Crippen LogP contribution in [0.4, 0.5) is 0 Å². The Morgan fingerprint density at radius 3 is 2.50 bits per heavy atom. The predicted octanol–water partition coefficient (Wildman–Crippen LogP) is 3.43. The van der Waals surface area contributed by atoms with E-state index in [0.717, 1.165) is 19.3 Å². The van der Waals surface area contributed by atoms with Crippen molar-refractivity contribution in [2.45, 2.75) is 51.9 Å². The van der Waals surface area contributed by atoms with Gasteiger partial charge in [0, 0.05) is 12.8 Å². The summed E-state index contributed by atoms with van der Waals surface area (Å²) in [5.74, 6) is 0.391. The summed E-state index contributed by atoms with van der Waals surface area (Å²) in [6.07, 6.45) is 3.46. The van der Waals surface area contributed by atoms with Crippen molar-refractivity contribution in [2.24, 2.45) is 0 Å². The van der Waals surface area contributed by atoms with E-state index in [9.17, 15) is 4.79 Å². The summed E-state index contributed by atoms with van der Waals surface area (Å²) in [7, 11) is 0. The van der Waals surface area contributed by atoms with Gasteiger partial charge in [0.05, 0.1) is 0 Å². The Morgan fingerprint density at radius 1 is 1.06 bits per heavy atom. The molecule has 1 aromatic carbocycles. The van der Waals surface area contributed by atoms with E-state index < -0.39 is 0 Å². The zero-order valence-corrected chi connectivity index (χ0v) is 10.5. The minimum atomic E-state index is 0.200. The highest BCUT2D eigenvalue weighted by Gasteiger charge is 2.18. The summed E-state index contributed by atoms with van der Waals surface area (Å²) in [5, 5.41) is 0. The molecule has 1 aliphatic rings. The third-order valence-corrected chi connectivity index (χ3v) is 3.36. The Hall–Kier alpha value is -1.11. The predicted molar refractivity (Wildman–Crippen MR) is 66.8 cm³/mol. The van der Waals surface area contributed by atoms with Crippen LogP contribution in [0.5, 0.6) is 0 Å². The Kier molecular flexibility index (Phi) is 2.88. The van der Waals surface area contributed by atoms with Crippen molar-refractivity contribution in [2.75, 3.05) is 0 Å². The fraction of sp³-hybridized carbons (Fsp3) is 0.533. The van der Waals surface area contributed by atoms with Crippen molar-refractivity contribution < 1.29 is 4.79 Å². The monoisotopic (exact) mass is 216 g/mol. The first-order chi connectivity index (χ1) is 7.47. The molecular weight excluding hydrogens is 196 g/mol. The summed E-state index contributed by atoms with van der Waals surface area (Å²) in [4.78, 5) is 11.5. The SMILES string of the molecule is CC(C)(C)c1ccc2c(c1)CCCC(=O)C2. The molecule has 1 heteroatoms. The van der Waals surface area contributed by atoms with Crippen LogP contribution in [0.3, 0.4) is 0 Å². The smallest absolute Gasteiger partial charge is 0.137 e. The molecule has 86 valence electrons. The van der Waals surface area contributed by atoms with E-state index in [1.165, 1.54) is 16.7 Å². The molecule has 16 heavy (non-hydrogen) atoms. The molecule has 0 radical (unpaired) electrons. The van der Waals surface area contributed by atoms with Gasteiger partial charge in [-0.3, -0.25) is 4.79 Å². The van der Waals surface area contributed by atoms with E-state index in [4.69, 9.17) is 0 Å². The van der Waals surface area contributed by atoms with Gasteiger partial charge in [-0.15, -0.1) is 0 Å². The van der Waals surface area contributed by atoms with Gasteiger partial charge in [0.25, 0.3) is 0 Å². The molecular formula is C15H20O. The first kappa shape index (κ1) is 11.4. The molecule has 0 unspecified atom stereocenters. The maximum absolute atomic E-state index is 11.5. The van der Waals surface area contributed by atoms with E-state index in [2.05, 4.69) is 39.0 Å². The zero-order valence-electron chi connectivity index (χ0n) is 10.5. The molecule has 0 fully saturated rings. The summed E-state index contributed by atoms with van der Waals surface area (Å²) in [5.41, 5.74) is 4.21. The Bertz CT molecular complexity index is 410. The van der Waals surface area contributed by atoms with Gasteiger partial charge in [-0.2, -0.15) is 0 Å². The lowest BCUT2D eigenvalue weighted by molar-refractivity contribution is -0.118. The van der Waals surface area contributed by atoms with Crippen LogP contribution in [0.2, 0.25) is 0 Å². The van der Waals surface area contributed by atoms with Gasteiger partial charge >= 0.3 is 0 Å². The molecule has 0 aromatic heterocycles. The summed E-state index contributed by atoms with van der Waals surface area (Å²) < 4.78 is 0. The number of rotatable bonds is 0. The van der Waals surface area contributed by atoms with Gasteiger partial charge in [0.1, 0.15) is 5.78 Å². The first-order valence-corrected chi connectivity index (χ1v) is 6.11. The quantitative estimate of drug-likeness (QED) is 0.607. The van der Waals surface area contributed by atoms with E-state index in [1.807, 2.05) is 0 Å². The Balaban J connectivity index is 2.39. The molecule has 0 N–H and O–H groups in total. The number of hydrogen-bond donors (Lipinski definition) is 0. The lowest BCUT2D eigenvalue weighted by Crippen LogP contribution is -2.12. The van der Waals surface area contributed by atoms with Crippen LogP contribution < -0.4 is 0 Å². The van der Waals surface area contributed by atoms with E-state index in [1.54, 1.807) is 0 Å². The van der Waals surface area contributed by atoms with E-state index in [0.29, 0.717) is 12.2 Å². The van der Waals surface area contributed by atoms with Crippen LogP contribution in [0.15, 0.2) is 18.2 Å². The largest absolute Gasteiger partial charge is 0.299 e. The van der Waals surface area contributed by atoms with Crippen LogP contribution in [-0.4, -0.2) is 5.78 Å². The van der Waals surface area contributed by atoms with Crippen molar-refractivity contribution >= 4 is 5.78 Å². The van der Waals surface area contributed by atoms with Crippen LogP contribution in [0.1, 0.15) is 50.3 Å². The van der Waals surface area contributed by atoms with Gasteiger partial charge < -0.3 is 0 Å². The highest BCUT2D eigenvalue weighted by Crippen LogP contribution is 2.27. The molecule has 0 saturated heterocycles. The van der Waals surface area contributed by atoms with Crippen molar-refractivity contribution in [3.05, 3.63) is 34.9 Å². The Labute approximate surface area is 97.9 Å². The van der Waals surface area contributed by atoms with Gasteiger partial charge in [-0.25, -0.2) is 0 Å². The van der Waals surface area contributed by atoms with Gasteiger partial charge in [-0.1, -0.05) is 39.0 Å². The molecule has 0 amide bonds. The number of carbonyl (C=O) groups excluding carboxylic acids is 1. The number of ketones is 1.